The summed E-state index contributed by atoms with van der Waals surface area (Å²) in [6.07, 6.45) is 3.07. The quantitative estimate of drug-likeness (QED) is 0.890. The highest BCUT2D eigenvalue weighted by atomic mass is 35.5. The van der Waals surface area contributed by atoms with E-state index < -0.39 is 0 Å². The largest absolute Gasteiger partial charge is 0.359 e. The highest BCUT2D eigenvalue weighted by molar-refractivity contribution is 6.31. The molecule has 0 spiro atoms. The van der Waals surface area contributed by atoms with Gasteiger partial charge < -0.3 is 16.0 Å². The SMILES string of the molecule is CNC(=O)C1CCCCN1c1ccc(CN)c(Cl)c1. The lowest BCUT2D eigenvalue weighted by Gasteiger charge is -2.36. The molecule has 0 aromatic heterocycles. The zero-order valence-corrected chi connectivity index (χ0v) is 11.9. The van der Waals surface area contributed by atoms with Crippen molar-refractivity contribution in [1.29, 1.82) is 0 Å². The van der Waals surface area contributed by atoms with Gasteiger partial charge >= 0.3 is 0 Å². The number of anilines is 1. The van der Waals surface area contributed by atoms with Crippen LogP contribution in [0.4, 0.5) is 5.69 Å². The van der Waals surface area contributed by atoms with Crippen LogP contribution in [0.2, 0.25) is 5.02 Å². The molecule has 1 aliphatic heterocycles. The first kappa shape index (κ1) is 14.2. The molecule has 104 valence electrons. The number of amides is 1. The Morgan fingerprint density at radius 1 is 1.53 bits per heavy atom. The number of hydrogen-bond donors (Lipinski definition) is 2. The summed E-state index contributed by atoms with van der Waals surface area (Å²) in [5.41, 5.74) is 7.54. The Kier molecular flexibility index (Phi) is 4.66. The van der Waals surface area contributed by atoms with Crippen molar-refractivity contribution in [2.24, 2.45) is 5.73 Å². The number of nitrogens with one attached hydrogen (secondary N) is 1. The predicted octanol–water partition coefficient (Wildman–Crippen LogP) is 1.90. The minimum absolute atomic E-state index is 0.0683. The molecule has 5 heteroatoms. The molecule has 1 aromatic rings. The number of carbonyl (C=O) groups is 1. The molecule has 0 saturated carbocycles. The predicted molar refractivity (Wildman–Crippen MR) is 78.4 cm³/mol. The zero-order chi connectivity index (χ0) is 13.8. The van der Waals surface area contributed by atoms with Gasteiger partial charge in [-0.3, -0.25) is 4.79 Å². The second-order valence-electron chi connectivity index (χ2n) is 4.80. The number of likely N-dealkylation sites (N-methyl/N-ethyl adjacent to an activating group) is 1. The van der Waals surface area contributed by atoms with Crippen LogP contribution in [-0.4, -0.2) is 25.5 Å². The smallest absolute Gasteiger partial charge is 0.242 e. The van der Waals surface area contributed by atoms with Crippen LogP contribution in [0.25, 0.3) is 0 Å². The minimum atomic E-state index is -0.0986. The third-order valence-corrected chi connectivity index (χ3v) is 3.99. The van der Waals surface area contributed by atoms with Gasteiger partial charge in [-0.05, 0) is 37.0 Å². The van der Waals surface area contributed by atoms with E-state index in [0.717, 1.165) is 37.1 Å². The molecule has 3 N–H and O–H groups in total. The number of halogens is 1. The first-order valence-corrected chi connectivity index (χ1v) is 7.02. The monoisotopic (exact) mass is 281 g/mol. The van der Waals surface area contributed by atoms with Crippen molar-refractivity contribution >= 4 is 23.2 Å². The van der Waals surface area contributed by atoms with Crippen molar-refractivity contribution in [2.45, 2.75) is 31.8 Å². The third-order valence-electron chi connectivity index (χ3n) is 3.64. The molecule has 2 rings (SSSR count). The molecule has 1 aromatic carbocycles. The Hall–Kier alpha value is -1.26. The third kappa shape index (κ3) is 3.01. The molecule has 4 nitrogen and oxygen atoms in total. The summed E-state index contributed by atoms with van der Waals surface area (Å²) in [6.45, 7) is 1.31. The van der Waals surface area contributed by atoms with E-state index >= 15 is 0 Å². The molecule has 1 fully saturated rings. The van der Waals surface area contributed by atoms with Crippen molar-refractivity contribution in [3.63, 3.8) is 0 Å². The Balaban J connectivity index is 2.27. The highest BCUT2D eigenvalue weighted by Crippen LogP contribution is 2.28. The van der Waals surface area contributed by atoms with Gasteiger partial charge in [0.25, 0.3) is 0 Å². The molecule has 1 amide bonds. The van der Waals surface area contributed by atoms with Crippen LogP contribution in [0.3, 0.4) is 0 Å². The van der Waals surface area contributed by atoms with E-state index in [1.165, 1.54) is 0 Å². The van der Waals surface area contributed by atoms with Gasteiger partial charge in [0.2, 0.25) is 5.91 Å². The van der Waals surface area contributed by atoms with Crippen molar-refractivity contribution in [3.05, 3.63) is 28.8 Å². The average molecular weight is 282 g/mol. The van der Waals surface area contributed by atoms with Gasteiger partial charge in [0.05, 0.1) is 0 Å². The summed E-state index contributed by atoms with van der Waals surface area (Å²) in [4.78, 5) is 14.1. The Morgan fingerprint density at radius 2 is 2.32 bits per heavy atom. The van der Waals surface area contributed by atoms with Crippen LogP contribution in [0.1, 0.15) is 24.8 Å². The Morgan fingerprint density at radius 3 is 2.95 bits per heavy atom. The lowest BCUT2D eigenvalue weighted by Crippen LogP contribution is -2.48. The van der Waals surface area contributed by atoms with Crippen LogP contribution in [0.15, 0.2) is 18.2 Å². The van der Waals surface area contributed by atoms with Gasteiger partial charge in [0, 0.05) is 30.8 Å². The van der Waals surface area contributed by atoms with E-state index in [9.17, 15) is 4.79 Å². The fourth-order valence-corrected chi connectivity index (χ4v) is 2.81. The molecule has 0 radical (unpaired) electrons. The Labute approximate surface area is 118 Å². The maximum absolute atomic E-state index is 12.0. The first-order valence-electron chi connectivity index (χ1n) is 6.64. The van der Waals surface area contributed by atoms with E-state index in [-0.39, 0.29) is 11.9 Å². The number of nitrogens with zero attached hydrogens (tertiary/aromatic N) is 1. The number of hydrogen-bond acceptors (Lipinski definition) is 3. The summed E-state index contributed by atoms with van der Waals surface area (Å²) >= 11 is 6.20. The van der Waals surface area contributed by atoms with Crippen LogP contribution >= 0.6 is 11.6 Å². The van der Waals surface area contributed by atoms with Crippen LogP contribution in [-0.2, 0) is 11.3 Å². The van der Waals surface area contributed by atoms with Gasteiger partial charge in [-0.1, -0.05) is 17.7 Å². The minimum Gasteiger partial charge on any atom is -0.359 e. The standard InChI is InChI=1S/C14H20ClN3O/c1-17-14(19)13-4-2-3-7-18(13)11-6-5-10(9-16)12(15)8-11/h5-6,8,13H,2-4,7,9,16H2,1H3,(H,17,19). The topological polar surface area (TPSA) is 58.4 Å². The number of rotatable bonds is 3. The molecule has 0 aliphatic carbocycles. The van der Waals surface area contributed by atoms with Crippen LogP contribution in [0.5, 0.6) is 0 Å². The summed E-state index contributed by atoms with van der Waals surface area (Å²) in [6, 6.07) is 5.74. The molecule has 0 bridgehead atoms. The van der Waals surface area contributed by atoms with Crippen molar-refractivity contribution < 1.29 is 4.79 Å². The summed E-state index contributed by atoms with van der Waals surface area (Å²) in [5, 5.41) is 3.41. The molecule has 1 atom stereocenters. The number of piperidine rings is 1. The summed E-state index contributed by atoms with van der Waals surface area (Å²) in [7, 11) is 1.68. The fraction of sp³-hybridized carbons (Fsp3) is 0.500. The maximum atomic E-state index is 12.0. The maximum Gasteiger partial charge on any atom is 0.242 e. The molecular weight excluding hydrogens is 262 g/mol. The number of benzene rings is 1. The molecule has 1 saturated heterocycles. The van der Waals surface area contributed by atoms with E-state index in [4.69, 9.17) is 17.3 Å². The van der Waals surface area contributed by atoms with Gasteiger partial charge in [0.1, 0.15) is 6.04 Å². The van der Waals surface area contributed by atoms with Gasteiger partial charge in [0.15, 0.2) is 0 Å². The van der Waals surface area contributed by atoms with E-state index in [0.29, 0.717) is 11.6 Å². The lowest BCUT2D eigenvalue weighted by atomic mass is 10.00. The number of carbonyl (C=O) groups excluding carboxylic acids is 1. The average Bonchev–Trinajstić information content (AvgIpc) is 2.46. The summed E-state index contributed by atoms with van der Waals surface area (Å²) in [5.74, 6) is 0.0683. The Bertz CT molecular complexity index is 464. The fourth-order valence-electron chi connectivity index (χ4n) is 2.56. The second kappa shape index (κ2) is 6.26. The molecular formula is C14H20ClN3O. The van der Waals surface area contributed by atoms with Gasteiger partial charge in [-0.25, -0.2) is 0 Å². The lowest BCUT2D eigenvalue weighted by molar-refractivity contribution is -0.122. The molecule has 1 unspecified atom stereocenters. The highest BCUT2D eigenvalue weighted by Gasteiger charge is 2.28. The van der Waals surface area contributed by atoms with Crippen molar-refractivity contribution in [1.82, 2.24) is 5.32 Å². The normalized spacial score (nSPS) is 19.3. The van der Waals surface area contributed by atoms with E-state index in [1.807, 2.05) is 18.2 Å². The van der Waals surface area contributed by atoms with Gasteiger partial charge in [-0.15, -0.1) is 0 Å². The van der Waals surface area contributed by atoms with Crippen molar-refractivity contribution in [3.8, 4) is 0 Å². The van der Waals surface area contributed by atoms with Crippen LogP contribution in [0, 0.1) is 0 Å². The van der Waals surface area contributed by atoms with E-state index in [1.54, 1.807) is 7.05 Å². The second-order valence-corrected chi connectivity index (χ2v) is 5.21. The summed E-state index contributed by atoms with van der Waals surface area (Å²) < 4.78 is 0. The van der Waals surface area contributed by atoms with Crippen molar-refractivity contribution in [2.75, 3.05) is 18.5 Å². The zero-order valence-electron chi connectivity index (χ0n) is 11.2. The molecule has 1 heterocycles. The molecule has 1 aliphatic rings. The number of nitrogens with two attached hydrogens (primary N) is 1. The van der Waals surface area contributed by atoms with Gasteiger partial charge in [-0.2, -0.15) is 0 Å². The van der Waals surface area contributed by atoms with E-state index in [2.05, 4.69) is 10.2 Å². The van der Waals surface area contributed by atoms with Crippen LogP contribution < -0.4 is 16.0 Å². The molecule has 19 heavy (non-hydrogen) atoms. The first-order chi connectivity index (χ1) is 9.17.